The number of benzene rings is 11. The molecule has 2 heterocycles. The van der Waals surface area contributed by atoms with Crippen LogP contribution in [0.3, 0.4) is 0 Å². The van der Waals surface area contributed by atoms with Gasteiger partial charge in [-0.15, -0.1) is 22.7 Å². The first-order valence-electron chi connectivity index (χ1n) is 24.0. The Morgan fingerprint density at radius 3 is 1.41 bits per heavy atom. The van der Waals surface area contributed by atoms with Gasteiger partial charge in [0.1, 0.15) is 0 Å². The van der Waals surface area contributed by atoms with E-state index in [-0.39, 0.29) is 0 Å². The van der Waals surface area contributed by atoms with E-state index in [9.17, 15) is 0 Å². The number of hydrogen-bond acceptors (Lipinski definition) is 3. The minimum absolute atomic E-state index is 0.453. The van der Waals surface area contributed by atoms with E-state index < -0.39 is 5.41 Å². The van der Waals surface area contributed by atoms with Crippen molar-refractivity contribution in [2.75, 3.05) is 4.90 Å². The standard InChI is InChI=1S/C67H43NS2/c1-3-15-48(16-4-1)67(49-17-5-2-6-18-49)60-25-10-7-21-58(60)65-53(22-14-26-61(65)67)45-31-38-51(39-32-45)68(50-36-29-44(30-37-50)47-35-42-64-59(43-47)56-20-9-11-27-62(56)69-64)52-40-33-46(34-41-52)54-23-13-24-57-55-19-8-12-28-63(55)70-66(54)57/h1-43H. The van der Waals surface area contributed by atoms with Crippen LogP contribution < -0.4 is 4.90 Å². The van der Waals surface area contributed by atoms with Gasteiger partial charge in [0.25, 0.3) is 0 Å². The van der Waals surface area contributed by atoms with Gasteiger partial charge in [-0.3, -0.25) is 0 Å². The van der Waals surface area contributed by atoms with Gasteiger partial charge < -0.3 is 4.90 Å². The van der Waals surface area contributed by atoms with Crippen molar-refractivity contribution in [1.82, 2.24) is 0 Å². The van der Waals surface area contributed by atoms with Crippen LogP contribution >= 0.6 is 22.7 Å². The smallest absolute Gasteiger partial charge is 0.0713 e. The molecule has 0 atom stereocenters. The quantitative estimate of drug-likeness (QED) is 0.147. The molecule has 0 amide bonds. The van der Waals surface area contributed by atoms with E-state index in [4.69, 9.17) is 0 Å². The zero-order chi connectivity index (χ0) is 46.2. The average molecular weight is 926 g/mol. The SMILES string of the molecule is c1ccc(C2(c3ccccc3)c3ccccc3-c3c(-c4ccc(N(c5ccc(-c6ccc7sc8ccccc8c7c6)cc5)c5ccc(-c6cccc7c6sc6ccccc67)cc5)cc4)cccc32)cc1. The number of thiophene rings is 2. The first-order valence-corrected chi connectivity index (χ1v) is 25.6. The third kappa shape index (κ3) is 6.36. The lowest BCUT2D eigenvalue weighted by Gasteiger charge is -2.34. The lowest BCUT2D eigenvalue weighted by Crippen LogP contribution is -2.28. The van der Waals surface area contributed by atoms with Crippen LogP contribution in [0, 0.1) is 0 Å². The summed E-state index contributed by atoms with van der Waals surface area (Å²) in [6, 6.07) is 96.7. The molecule has 1 nitrogen and oxygen atoms in total. The molecule has 11 aromatic carbocycles. The van der Waals surface area contributed by atoms with E-state index in [1.54, 1.807) is 0 Å². The molecule has 14 rings (SSSR count). The van der Waals surface area contributed by atoms with Gasteiger partial charge in [0.05, 0.1) is 5.41 Å². The third-order valence-electron chi connectivity index (χ3n) is 14.6. The fourth-order valence-electron chi connectivity index (χ4n) is 11.4. The summed E-state index contributed by atoms with van der Waals surface area (Å²) in [6.45, 7) is 0. The first-order chi connectivity index (χ1) is 34.7. The third-order valence-corrected chi connectivity index (χ3v) is 17.0. The minimum atomic E-state index is -0.453. The molecule has 13 aromatic rings. The van der Waals surface area contributed by atoms with Crippen LogP contribution in [-0.4, -0.2) is 0 Å². The maximum Gasteiger partial charge on any atom is 0.0713 e. The monoisotopic (exact) mass is 925 g/mol. The molecule has 0 spiro atoms. The highest BCUT2D eigenvalue weighted by Gasteiger charge is 2.46. The molecule has 3 heteroatoms. The second-order valence-electron chi connectivity index (χ2n) is 18.3. The Balaban J connectivity index is 0.883. The molecule has 0 fully saturated rings. The Kier molecular flexibility index (Phi) is 9.55. The molecule has 0 N–H and O–H groups in total. The molecule has 1 aliphatic rings. The van der Waals surface area contributed by atoms with E-state index in [0.717, 1.165) is 17.1 Å². The van der Waals surface area contributed by atoms with Crippen molar-refractivity contribution in [2.24, 2.45) is 0 Å². The summed E-state index contributed by atoms with van der Waals surface area (Å²) in [5.74, 6) is 0. The van der Waals surface area contributed by atoms with Crippen LogP contribution in [0.5, 0.6) is 0 Å². The molecule has 328 valence electrons. The van der Waals surface area contributed by atoms with Gasteiger partial charge in [-0.05, 0) is 127 Å². The molecule has 0 bridgehead atoms. The summed E-state index contributed by atoms with van der Waals surface area (Å²) in [5.41, 5.74) is 17.9. The summed E-state index contributed by atoms with van der Waals surface area (Å²) in [4.78, 5) is 2.40. The van der Waals surface area contributed by atoms with Crippen molar-refractivity contribution in [2.45, 2.75) is 5.41 Å². The van der Waals surface area contributed by atoms with Gasteiger partial charge in [0.2, 0.25) is 0 Å². The van der Waals surface area contributed by atoms with Crippen molar-refractivity contribution in [3.8, 4) is 44.5 Å². The topological polar surface area (TPSA) is 3.24 Å². The van der Waals surface area contributed by atoms with Crippen LogP contribution in [0.4, 0.5) is 17.1 Å². The molecule has 1 aliphatic carbocycles. The van der Waals surface area contributed by atoms with Crippen molar-refractivity contribution in [1.29, 1.82) is 0 Å². The van der Waals surface area contributed by atoms with Gasteiger partial charge in [-0.25, -0.2) is 0 Å². The molecular formula is C67H43NS2. The van der Waals surface area contributed by atoms with Gasteiger partial charge in [-0.2, -0.15) is 0 Å². The highest BCUT2D eigenvalue weighted by atomic mass is 32.1. The summed E-state index contributed by atoms with van der Waals surface area (Å²) in [5, 5.41) is 5.26. The lowest BCUT2D eigenvalue weighted by molar-refractivity contribution is 0.768. The van der Waals surface area contributed by atoms with E-state index in [0.29, 0.717) is 0 Å². The number of fused-ring (bicyclic) bond motifs is 9. The van der Waals surface area contributed by atoms with Crippen LogP contribution in [0.1, 0.15) is 22.3 Å². The molecular weight excluding hydrogens is 883 g/mol. The fourth-order valence-corrected chi connectivity index (χ4v) is 13.8. The molecule has 0 radical (unpaired) electrons. The molecule has 0 unspecified atom stereocenters. The Hall–Kier alpha value is -8.34. The van der Waals surface area contributed by atoms with E-state index in [1.165, 1.54) is 107 Å². The maximum atomic E-state index is 2.40. The first kappa shape index (κ1) is 40.7. The molecule has 0 saturated heterocycles. The highest BCUT2D eigenvalue weighted by molar-refractivity contribution is 7.26. The van der Waals surface area contributed by atoms with Crippen molar-refractivity contribution in [3.05, 3.63) is 283 Å². The number of nitrogens with zero attached hydrogens (tertiary/aromatic N) is 1. The lowest BCUT2D eigenvalue weighted by atomic mass is 9.67. The van der Waals surface area contributed by atoms with Gasteiger partial charge in [0.15, 0.2) is 0 Å². The van der Waals surface area contributed by atoms with Crippen LogP contribution in [-0.2, 0) is 5.41 Å². The van der Waals surface area contributed by atoms with E-state index in [2.05, 4.69) is 266 Å². The summed E-state index contributed by atoms with van der Waals surface area (Å²) < 4.78 is 5.29. The largest absolute Gasteiger partial charge is 0.311 e. The number of anilines is 3. The van der Waals surface area contributed by atoms with Crippen molar-refractivity contribution >= 4 is 80.1 Å². The van der Waals surface area contributed by atoms with Gasteiger partial charge in [0, 0.05) is 57.4 Å². The van der Waals surface area contributed by atoms with Crippen molar-refractivity contribution < 1.29 is 0 Å². The van der Waals surface area contributed by atoms with Gasteiger partial charge in [-0.1, -0.05) is 200 Å². The predicted molar refractivity (Wildman–Crippen MR) is 301 cm³/mol. The molecule has 2 aromatic heterocycles. The van der Waals surface area contributed by atoms with Crippen LogP contribution in [0.15, 0.2) is 261 Å². The fraction of sp³-hybridized carbons (Fsp3) is 0.0149. The molecule has 0 saturated carbocycles. The second kappa shape index (κ2) is 16.4. The Morgan fingerprint density at radius 1 is 0.286 bits per heavy atom. The van der Waals surface area contributed by atoms with E-state index >= 15 is 0 Å². The maximum absolute atomic E-state index is 2.40. The average Bonchev–Trinajstić information content (AvgIpc) is 4.11. The Morgan fingerprint density at radius 2 is 0.743 bits per heavy atom. The van der Waals surface area contributed by atoms with E-state index in [1.807, 2.05) is 22.7 Å². The number of rotatable bonds is 8. The Labute approximate surface area is 415 Å². The Bertz CT molecular complexity index is 4050. The summed E-state index contributed by atoms with van der Waals surface area (Å²) >= 11 is 3.74. The van der Waals surface area contributed by atoms with Gasteiger partial charge >= 0.3 is 0 Å². The zero-order valence-electron chi connectivity index (χ0n) is 38.1. The summed E-state index contributed by atoms with van der Waals surface area (Å²) in [6.07, 6.45) is 0. The second-order valence-corrected chi connectivity index (χ2v) is 20.5. The normalized spacial score (nSPS) is 12.7. The number of hydrogen-bond donors (Lipinski definition) is 0. The zero-order valence-corrected chi connectivity index (χ0v) is 39.7. The van der Waals surface area contributed by atoms with Crippen LogP contribution in [0.25, 0.3) is 84.9 Å². The van der Waals surface area contributed by atoms with Crippen molar-refractivity contribution in [3.63, 3.8) is 0 Å². The molecule has 0 aliphatic heterocycles. The summed E-state index contributed by atoms with van der Waals surface area (Å²) in [7, 11) is 0. The highest BCUT2D eigenvalue weighted by Crippen LogP contribution is 2.58. The predicted octanol–water partition coefficient (Wildman–Crippen LogP) is 19.3. The van der Waals surface area contributed by atoms with Crippen LogP contribution in [0.2, 0.25) is 0 Å². The molecule has 70 heavy (non-hydrogen) atoms. The minimum Gasteiger partial charge on any atom is -0.311 e.